The summed E-state index contributed by atoms with van der Waals surface area (Å²) in [6.45, 7) is -0.422. The zero-order valence-corrected chi connectivity index (χ0v) is 7.19. The summed E-state index contributed by atoms with van der Waals surface area (Å²) in [6.07, 6.45) is 2.08. The molecular formula is C8H8F2N4. The Morgan fingerprint density at radius 1 is 1.43 bits per heavy atom. The number of nitrogen functional groups attached to an aromatic ring is 1. The number of hydrogen-bond donors (Lipinski definition) is 1. The molecule has 0 radical (unpaired) electrons. The fourth-order valence-electron chi connectivity index (χ4n) is 1.25. The van der Waals surface area contributed by atoms with Crippen LogP contribution in [0.15, 0.2) is 18.6 Å². The molecule has 0 aliphatic carbocycles. The van der Waals surface area contributed by atoms with Crippen LogP contribution in [0, 0.1) is 0 Å². The van der Waals surface area contributed by atoms with E-state index in [1.54, 1.807) is 6.20 Å². The number of hydrogen-bond acceptors (Lipinski definition) is 3. The highest BCUT2D eigenvalue weighted by Gasteiger charge is 2.08. The quantitative estimate of drug-likeness (QED) is 0.790. The van der Waals surface area contributed by atoms with Crippen LogP contribution in [0.2, 0.25) is 0 Å². The molecule has 6 heteroatoms. The molecule has 2 aromatic heterocycles. The molecule has 4 nitrogen and oxygen atoms in total. The Labute approximate surface area is 78.3 Å². The van der Waals surface area contributed by atoms with Gasteiger partial charge in [-0.15, -0.1) is 0 Å². The maximum atomic E-state index is 12.0. The molecule has 14 heavy (non-hydrogen) atoms. The van der Waals surface area contributed by atoms with Crippen molar-refractivity contribution in [2.75, 3.05) is 5.73 Å². The maximum absolute atomic E-state index is 12.0. The van der Waals surface area contributed by atoms with Crippen LogP contribution in [0.1, 0.15) is 0 Å². The van der Waals surface area contributed by atoms with E-state index in [1.165, 1.54) is 17.1 Å². The Morgan fingerprint density at radius 2 is 2.21 bits per heavy atom. The van der Waals surface area contributed by atoms with E-state index in [9.17, 15) is 8.78 Å². The third kappa shape index (κ3) is 1.50. The summed E-state index contributed by atoms with van der Waals surface area (Å²) in [7, 11) is 0. The average Bonchev–Trinajstić information content (AvgIpc) is 2.47. The van der Waals surface area contributed by atoms with E-state index in [0.717, 1.165) is 0 Å². The molecule has 0 saturated carbocycles. The summed E-state index contributed by atoms with van der Waals surface area (Å²) in [5.41, 5.74) is 6.49. The Balaban J connectivity index is 2.46. The van der Waals surface area contributed by atoms with Crippen molar-refractivity contribution in [3.8, 4) is 0 Å². The summed E-state index contributed by atoms with van der Waals surface area (Å²) in [5.74, 6) is 0. The SMILES string of the molecule is Nc1cncc2cn(CC(F)F)nc12. The number of nitrogens with zero attached hydrogens (tertiary/aromatic N) is 3. The smallest absolute Gasteiger partial charge is 0.257 e. The second-order valence-corrected chi connectivity index (χ2v) is 2.91. The first-order valence-corrected chi connectivity index (χ1v) is 4.01. The highest BCUT2D eigenvalue weighted by molar-refractivity contribution is 5.87. The predicted molar refractivity (Wildman–Crippen MR) is 47.9 cm³/mol. The molecule has 0 fully saturated rings. The monoisotopic (exact) mass is 198 g/mol. The van der Waals surface area contributed by atoms with E-state index in [2.05, 4.69) is 10.1 Å². The van der Waals surface area contributed by atoms with Crippen molar-refractivity contribution in [2.45, 2.75) is 13.0 Å². The normalized spacial score (nSPS) is 11.4. The zero-order chi connectivity index (χ0) is 10.1. The number of fused-ring (bicyclic) bond motifs is 1. The first kappa shape index (κ1) is 8.86. The molecule has 0 aliphatic heterocycles. The molecule has 0 amide bonds. The average molecular weight is 198 g/mol. The van der Waals surface area contributed by atoms with E-state index in [-0.39, 0.29) is 0 Å². The highest BCUT2D eigenvalue weighted by atomic mass is 19.3. The van der Waals surface area contributed by atoms with Crippen molar-refractivity contribution in [1.82, 2.24) is 14.8 Å². The Morgan fingerprint density at radius 3 is 2.86 bits per heavy atom. The third-order valence-corrected chi connectivity index (χ3v) is 1.82. The van der Waals surface area contributed by atoms with Crippen molar-refractivity contribution in [3.05, 3.63) is 18.6 Å². The topological polar surface area (TPSA) is 56.7 Å². The molecule has 0 spiro atoms. The van der Waals surface area contributed by atoms with Gasteiger partial charge < -0.3 is 5.73 Å². The second kappa shape index (κ2) is 3.21. The number of pyridine rings is 1. The van der Waals surface area contributed by atoms with E-state index >= 15 is 0 Å². The maximum Gasteiger partial charge on any atom is 0.257 e. The first-order valence-electron chi connectivity index (χ1n) is 4.01. The van der Waals surface area contributed by atoms with Crippen molar-refractivity contribution in [2.24, 2.45) is 0 Å². The molecule has 0 saturated heterocycles. The largest absolute Gasteiger partial charge is 0.396 e. The molecule has 0 atom stereocenters. The van der Waals surface area contributed by atoms with Gasteiger partial charge in [0.15, 0.2) is 0 Å². The van der Waals surface area contributed by atoms with Gasteiger partial charge in [0.05, 0.1) is 11.9 Å². The van der Waals surface area contributed by atoms with Crippen LogP contribution in [0.5, 0.6) is 0 Å². The molecular weight excluding hydrogens is 190 g/mol. The van der Waals surface area contributed by atoms with E-state index in [0.29, 0.717) is 16.6 Å². The van der Waals surface area contributed by atoms with Crippen LogP contribution < -0.4 is 5.73 Å². The van der Waals surface area contributed by atoms with Gasteiger partial charge >= 0.3 is 0 Å². The number of rotatable bonds is 2. The lowest BCUT2D eigenvalue weighted by Crippen LogP contribution is -2.06. The van der Waals surface area contributed by atoms with Crippen LogP contribution in [0.25, 0.3) is 10.9 Å². The standard InChI is InChI=1S/C8H8F2N4/c9-7(10)4-14-3-5-1-12-2-6(11)8(5)13-14/h1-3,7H,4,11H2. The highest BCUT2D eigenvalue weighted by Crippen LogP contribution is 2.17. The van der Waals surface area contributed by atoms with E-state index in [1.807, 2.05) is 0 Å². The van der Waals surface area contributed by atoms with Gasteiger partial charge in [-0.05, 0) is 0 Å². The van der Waals surface area contributed by atoms with Crippen LogP contribution in [0.3, 0.4) is 0 Å². The zero-order valence-electron chi connectivity index (χ0n) is 7.19. The Bertz CT molecular complexity index is 452. The van der Waals surface area contributed by atoms with Crippen LogP contribution in [0.4, 0.5) is 14.5 Å². The minimum Gasteiger partial charge on any atom is -0.396 e. The summed E-state index contributed by atoms with van der Waals surface area (Å²) < 4.78 is 25.3. The summed E-state index contributed by atoms with van der Waals surface area (Å²) >= 11 is 0. The summed E-state index contributed by atoms with van der Waals surface area (Å²) in [5, 5.41) is 4.60. The number of anilines is 1. The Kier molecular flexibility index (Phi) is 2.03. The van der Waals surface area contributed by atoms with Crippen molar-refractivity contribution in [3.63, 3.8) is 0 Å². The minimum absolute atomic E-state index is 0.399. The van der Waals surface area contributed by atoms with Gasteiger partial charge in [0.2, 0.25) is 0 Å². The van der Waals surface area contributed by atoms with Gasteiger partial charge in [-0.2, -0.15) is 5.10 Å². The van der Waals surface area contributed by atoms with E-state index < -0.39 is 13.0 Å². The summed E-state index contributed by atoms with van der Waals surface area (Å²) in [4.78, 5) is 3.84. The fourth-order valence-corrected chi connectivity index (χ4v) is 1.25. The van der Waals surface area contributed by atoms with Gasteiger partial charge in [-0.3, -0.25) is 9.67 Å². The molecule has 0 aromatic carbocycles. The van der Waals surface area contributed by atoms with E-state index in [4.69, 9.17) is 5.73 Å². The third-order valence-electron chi connectivity index (χ3n) is 1.82. The lowest BCUT2D eigenvalue weighted by atomic mass is 10.3. The lowest BCUT2D eigenvalue weighted by molar-refractivity contribution is 0.122. The van der Waals surface area contributed by atoms with Gasteiger partial charge in [-0.25, -0.2) is 8.78 Å². The van der Waals surface area contributed by atoms with Gasteiger partial charge in [0.1, 0.15) is 12.1 Å². The molecule has 2 aromatic rings. The Hall–Kier alpha value is -1.72. The van der Waals surface area contributed by atoms with Crippen LogP contribution in [-0.4, -0.2) is 21.2 Å². The number of halogens is 2. The van der Waals surface area contributed by atoms with Gasteiger partial charge in [0.25, 0.3) is 6.43 Å². The van der Waals surface area contributed by atoms with Crippen LogP contribution in [-0.2, 0) is 6.54 Å². The molecule has 0 bridgehead atoms. The van der Waals surface area contributed by atoms with Crippen molar-refractivity contribution >= 4 is 16.6 Å². The first-order chi connectivity index (χ1) is 6.66. The molecule has 0 aliphatic rings. The molecule has 2 heterocycles. The predicted octanol–water partition coefficient (Wildman–Crippen LogP) is 1.28. The van der Waals surface area contributed by atoms with Gasteiger partial charge in [0, 0.05) is 17.8 Å². The molecule has 0 unspecified atom stereocenters. The number of aromatic nitrogens is 3. The number of alkyl halides is 2. The summed E-state index contributed by atoms with van der Waals surface area (Å²) in [6, 6.07) is 0. The van der Waals surface area contributed by atoms with Crippen LogP contribution >= 0.6 is 0 Å². The molecule has 74 valence electrons. The molecule has 2 rings (SSSR count). The lowest BCUT2D eigenvalue weighted by Gasteiger charge is -1.97. The minimum atomic E-state index is -2.42. The second-order valence-electron chi connectivity index (χ2n) is 2.91. The van der Waals surface area contributed by atoms with Crippen molar-refractivity contribution < 1.29 is 8.78 Å². The molecule has 2 N–H and O–H groups in total. The number of nitrogens with two attached hydrogens (primary N) is 1. The van der Waals surface area contributed by atoms with Gasteiger partial charge in [-0.1, -0.05) is 0 Å². The fraction of sp³-hybridized carbons (Fsp3) is 0.250. The van der Waals surface area contributed by atoms with Crippen molar-refractivity contribution in [1.29, 1.82) is 0 Å².